The minimum Gasteiger partial charge on any atom is -0.462 e. The van der Waals surface area contributed by atoms with Gasteiger partial charge in [-0.2, -0.15) is 0 Å². The van der Waals surface area contributed by atoms with Gasteiger partial charge in [0, 0.05) is 25.7 Å². The van der Waals surface area contributed by atoms with E-state index in [0.717, 1.165) is 114 Å². The van der Waals surface area contributed by atoms with Crippen molar-refractivity contribution < 1.29 is 80.2 Å². The first-order chi connectivity index (χ1) is 43.2. The molecule has 17 nitrogen and oxygen atoms in total. The highest BCUT2D eigenvalue weighted by Crippen LogP contribution is 2.45. The molecule has 7 atom stereocenters. The van der Waals surface area contributed by atoms with Crippen molar-refractivity contribution in [2.75, 3.05) is 39.6 Å². The zero-order chi connectivity index (χ0) is 66.8. The summed E-state index contributed by atoms with van der Waals surface area (Å²) in [6, 6.07) is 0. The van der Waals surface area contributed by atoms with Crippen molar-refractivity contribution in [3.63, 3.8) is 0 Å². The highest BCUT2D eigenvalue weighted by Gasteiger charge is 2.30. The summed E-state index contributed by atoms with van der Waals surface area (Å²) in [5.41, 5.74) is 0. The van der Waals surface area contributed by atoms with Gasteiger partial charge >= 0.3 is 39.5 Å². The van der Waals surface area contributed by atoms with Gasteiger partial charge in [0.05, 0.1) is 26.4 Å². The van der Waals surface area contributed by atoms with Crippen LogP contribution in [0, 0.1) is 23.7 Å². The minimum atomic E-state index is -4.95. The Kier molecular flexibility index (Phi) is 59.4. The second-order valence-corrected chi connectivity index (χ2v) is 30.0. The van der Waals surface area contributed by atoms with Gasteiger partial charge in [-0.15, -0.1) is 0 Å². The molecule has 0 spiro atoms. The van der Waals surface area contributed by atoms with Crippen molar-refractivity contribution in [2.45, 2.75) is 369 Å². The van der Waals surface area contributed by atoms with Gasteiger partial charge in [0.1, 0.15) is 19.3 Å². The summed E-state index contributed by atoms with van der Waals surface area (Å²) in [4.78, 5) is 72.5. The molecule has 0 aliphatic carbocycles. The highest BCUT2D eigenvalue weighted by molar-refractivity contribution is 7.47. The van der Waals surface area contributed by atoms with E-state index < -0.39 is 97.5 Å². The Morgan fingerprint density at radius 3 is 0.789 bits per heavy atom. The van der Waals surface area contributed by atoms with E-state index in [9.17, 15) is 43.2 Å². The molecule has 3 N–H and O–H groups in total. The lowest BCUT2D eigenvalue weighted by Gasteiger charge is -2.21. The number of hydrogen-bond acceptors (Lipinski definition) is 15. The summed E-state index contributed by atoms with van der Waals surface area (Å²) in [7, 11) is -9.90. The molecule has 0 aromatic rings. The first-order valence-electron chi connectivity index (χ1n) is 36.8. The molecular formula is C71H138O17P2. The second kappa shape index (κ2) is 60.7. The van der Waals surface area contributed by atoms with Crippen molar-refractivity contribution in [1.82, 2.24) is 0 Å². The number of esters is 4. The molecule has 0 aromatic heterocycles. The molecule has 0 rings (SSSR count). The third-order valence-electron chi connectivity index (χ3n) is 17.0. The number of aliphatic hydroxyl groups excluding tert-OH is 1. The summed E-state index contributed by atoms with van der Waals surface area (Å²) in [5.74, 6) is 0.872. The first-order valence-corrected chi connectivity index (χ1v) is 39.8. The highest BCUT2D eigenvalue weighted by atomic mass is 31.2. The number of carbonyl (C=O) groups is 4. The Morgan fingerprint density at radius 2 is 0.533 bits per heavy atom. The average Bonchev–Trinajstić information content (AvgIpc) is 3.71. The van der Waals surface area contributed by atoms with Gasteiger partial charge in [-0.25, -0.2) is 9.13 Å². The maximum absolute atomic E-state index is 13.0. The van der Waals surface area contributed by atoms with Crippen LogP contribution < -0.4 is 0 Å². The van der Waals surface area contributed by atoms with E-state index in [1.54, 1.807) is 0 Å². The van der Waals surface area contributed by atoms with Crippen LogP contribution in [0.1, 0.15) is 351 Å². The molecule has 0 radical (unpaired) electrons. The van der Waals surface area contributed by atoms with Gasteiger partial charge in [0.15, 0.2) is 12.2 Å². The summed E-state index contributed by atoms with van der Waals surface area (Å²) in [6.45, 7) is 14.1. The Labute approximate surface area is 549 Å². The topological polar surface area (TPSA) is 237 Å². The number of phosphoric ester groups is 2. The zero-order valence-electron chi connectivity index (χ0n) is 58.8. The van der Waals surface area contributed by atoms with Gasteiger partial charge in [-0.05, 0) is 49.4 Å². The van der Waals surface area contributed by atoms with Crippen molar-refractivity contribution in [1.29, 1.82) is 0 Å². The largest absolute Gasteiger partial charge is 0.472 e. The molecule has 0 heterocycles. The number of unbranched alkanes of at least 4 members (excludes halogenated alkanes) is 32. The van der Waals surface area contributed by atoms with E-state index in [4.69, 9.17) is 37.0 Å². The lowest BCUT2D eigenvalue weighted by atomic mass is 9.99. The Balaban J connectivity index is 5.23. The molecule has 0 saturated carbocycles. The van der Waals surface area contributed by atoms with Crippen LogP contribution in [-0.4, -0.2) is 96.7 Å². The standard InChI is InChI=1S/C71H138O17P2/c1-9-63(7)49-41-33-24-20-15-13-11-12-14-16-22-26-37-45-53-70(75)87-66(57-81-68(73)51-43-35-25-21-18-17-19-23-31-39-47-61(3)4)59-85-89(77,78)83-55-65(72)56-84-90(79,80)86-60-67(88-71(76)54-46-38-29-27-32-40-48-62(5)6)58-82-69(74)52-44-36-30-28-34-42-50-64(8)10-2/h61-67,72H,9-60H2,1-8H3,(H,77,78)(H,79,80)/t63?,64?,65-,66-,67-/m1/s1. The van der Waals surface area contributed by atoms with Crippen LogP contribution in [0.25, 0.3) is 0 Å². The smallest absolute Gasteiger partial charge is 0.462 e. The van der Waals surface area contributed by atoms with Crippen LogP contribution in [0.15, 0.2) is 0 Å². The van der Waals surface area contributed by atoms with E-state index in [0.29, 0.717) is 31.6 Å². The molecule has 0 bridgehead atoms. The Bertz CT molecular complexity index is 1790. The van der Waals surface area contributed by atoms with Crippen molar-refractivity contribution in [3.05, 3.63) is 0 Å². The average molecular weight is 1330 g/mol. The van der Waals surface area contributed by atoms with E-state index in [1.807, 2.05) is 0 Å². The second-order valence-electron chi connectivity index (χ2n) is 27.1. The molecular weight excluding hydrogens is 1190 g/mol. The molecule has 0 aliphatic rings. The summed E-state index contributed by atoms with van der Waals surface area (Å²) < 4.78 is 68.3. The molecule has 0 saturated heterocycles. The fourth-order valence-electron chi connectivity index (χ4n) is 10.6. The Hall–Kier alpha value is -1.94. The van der Waals surface area contributed by atoms with E-state index in [1.165, 1.54) is 148 Å². The third kappa shape index (κ3) is 62.2. The first kappa shape index (κ1) is 88.1. The van der Waals surface area contributed by atoms with Gasteiger partial charge in [-0.1, -0.05) is 299 Å². The maximum Gasteiger partial charge on any atom is 0.472 e. The fraction of sp³-hybridized carbons (Fsp3) is 0.944. The number of hydrogen-bond donors (Lipinski definition) is 3. The van der Waals surface area contributed by atoms with Crippen LogP contribution in [0.2, 0.25) is 0 Å². The predicted octanol–water partition coefficient (Wildman–Crippen LogP) is 20.1. The Morgan fingerprint density at radius 1 is 0.311 bits per heavy atom. The van der Waals surface area contributed by atoms with Crippen LogP contribution in [0.3, 0.4) is 0 Å². The maximum atomic E-state index is 13.0. The number of phosphoric acid groups is 2. The van der Waals surface area contributed by atoms with Crippen LogP contribution in [-0.2, 0) is 65.4 Å². The van der Waals surface area contributed by atoms with Gasteiger partial charge < -0.3 is 33.8 Å². The van der Waals surface area contributed by atoms with Crippen molar-refractivity contribution in [3.8, 4) is 0 Å². The number of aliphatic hydroxyl groups is 1. The van der Waals surface area contributed by atoms with Crippen LogP contribution in [0.5, 0.6) is 0 Å². The van der Waals surface area contributed by atoms with E-state index in [2.05, 4.69) is 55.4 Å². The molecule has 0 amide bonds. The molecule has 19 heteroatoms. The van der Waals surface area contributed by atoms with Crippen LogP contribution in [0.4, 0.5) is 0 Å². The summed E-state index contributed by atoms with van der Waals surface area (Å²) >= 11 is 0. The van der Waals surface area contributed by atoms with E-state index >= 15 is 0 Å². The number of rotatable bonds is 68. The molecule has 90 heavy (non-hydrogen) atoms. The molecule has 0 fully saturated rings. The monoisotopic (exact) mass is 1320 g/mol. The lowest BCUT2D eigenvalue weighted by Crippen LogP contribution is -2.30. The number of ether oxygens (including phenoxy) is 4. The van der Waals surface area contributed by atoms with Gasteiger partial charge in [0.25, 0.3) is 0 Å². The van der Waals surface area contributed by atoms with Crippen molar-refractivity contribution in [2.24, 2.45) is 23.7 Å². The lowest BCUT2D eigenvalue weighted by molar-refractivity contribution is -0.161. The molecule has 534 valence electrons. The van der Waals surface area contributed by atoms with Crippen molar-refractivity contribution >= 4 is 39.5 Å². The minimum absolute atomic E-state index is 0.101. The summed E-state index contributed by atoms with van der Waals surface area (Å²) in [6.07, 6.45) is 43.2. The normalized spacial score (nSPS) is 14.9. The molecule has 0 aromatic carbocycles. The quantitative estimate of drug-likeness (QED) is 0.0222. The fourth-order valence-corrected chi connectivity index (χ4v) is 12.2. The SMILES string of the molecule is CCC(C)CCCCCCCCCCCCCCCCC(=O)O[C@H](COC(=O)CCCCCCCCCCCCC(C)C)COP(=O)(O)OC[C@@H](O)COP(=O)(O)OC[C@@H](COC(=O)CCCCCCCCC(C)CC)OC(=O)CCCCCCCCC(C)C. The molecule has 4 unspecified atom stereocenters. The summed E-state index contributed by atoms with van der Waals surface area (Å²) in [5, 5.41) is 10.6. The van der Waals surface area contributed by atoms with Crippen LogP contribution >= 0.6 is 15.6 Å². The predicted molar refractivity (Wildman–Crippen MR) is 363 cm³/mol. The molecule has 0 aliphatic heterocycles. The van der Waals surface area contributed by atoms with E-state index in [-0.39, 0.29) is 25.7 Å². The van der Waals surface area contributed by atoms with Gasteiger partial charge in [-0.3, -0.25) is 37.3 Å². The zero-order valence-corrected chi connectivity index (χ0v) is 60.6. The number of carbonyl (C=O) groups excluding carboxylic acids is 4. The van der Waals surface area contributed by atoms with Gasteiger partial charge in [0.2, 0.25) is 0 Å². The third-order valence-corrected chi connectivity index (χ3v) is 18.9.